The summed E-state index contributed by atoms with van der Waals surface area (Å²) in [4.78, 5) is 27.8. The molecule has 0 radical (unpaired) electrons. The Labute approximate surface area is 187 Å². The van der Waals surface area contributed by atoms with E-state index in [9.17, 15) is 9.59 Å². The number of carbonyl (C=O) groups excluding carboxylic acids is 2. The van der Waals surface area contributed by atoms with Gasteiger partial charge in [0, 0.05) is 54.1 Å². The maximum absolute atomic E-state index is 12.8. The van der Waals surface area contributed by atoms with Crippen LogP contribution in [0.25, 0.3) is 11.3 Å². The van der Waals surface area contributed by atoms with Crippen LogP contribution < -0.4 is 10.6 Å². The van der Waals surface area contributed by atoms with E-state index in [1.54, 1.807) is 6.07 Å². The Morgan fingerprint density at radius 2 is 1.91 bits per heavy atom. The molecule has 3 aliphatic rings. The standard InChI is InChI=1S/C25H27N3O4/c1-25(2)19-15-16(23(29)26-9-10-28-11-13-31-14-12-28)7-8-17(19)22(32-25)21-18-5-3-4-6-20(18)27-24(21)30/h3-8,15H,9-14H2,1-2H3,(H,26,29)(H,27,30). The largest absolute Gasteiger partial charge is 0.482 e. The first-order valence-corrected chi connectivity index (χ1v) is 11.0. The number of fused-ring (bicyclic) bond motifs is 2. The van der Waals surface area contributed by atoms with Crippen molar-refractivity contribution in [1.82, 2.24) is 10.2 Å². The molecule has 0 aromatic heterocycles. The van der Waals surface area contributed by atoms with Gasteiger partial charge in [-0.3, -0.25) is 14.5 Å². The maximum atomic E-state index is 12.8. The quantitative estimate of drug-likeness (QED) is 0.725. The van der Waals surface area contributed by atoms with Gasteiger partial charge in [-0.25, -0.2) is 0 Å². The molecule has 0 saturated carbocycles. The SMILES string of the molecule is CC1(C)OC(=C2C(=O)Nc3ccccc32)c2ccc(C(=O)NCCN3CCOCC3)cc21. The summed E-state index contributed by atoms with van der Waals surface area (Å²) in [5.74, 6) is 0.281. The predicted molar refractivity (Wildman–Crippen MR) is 122 cm³/mol. The zero-order valence-corrected chi connectivity index (χ0v) is 18.4. The molecule has 2 amide bonds. The molecule has 2 N–H and O–H groups in total. The molecule has 7 heteroatoms. The van der Waals surface area contributed by atoms with E-state index >= 15 is 0 Å². The summed E-state index contributed by atoms with van der Waals surface area (Å²) < 4.78 is 11.7. The minimum atomic E-state index is -0.653. The highest BCUT2D eigenvalue weighted by molar-refractivity contribution is 6.36. The van der Waals surface area contributed by atoms with Gasteiger partial charge >= 0.3 is 0 Å². The van der Waals surface area contributed by atoms with Crippen molar-refractivity contribution >= 4 is 28.8 Å². The number of amides is 2. The molecule has 1 fully saturated rings. The van der Waals surface area contributed by atoms with E-state index in [1.165, 1.54) is 0 Å². The monoisotopic (exact) mass is 433 g/mol. The summed E-state index contributed by atoms with van der Waals surface area (Å²) in [6, 6.07) is 13.2. The molecule has 0 bridgehead atoms. The lowest BCUT2D eigenvalue weighted by Gasteiger charge is -2.26. The number of hydrogen-bond acceptors (Lipinski definition) is 5. The fourth-order valence-electron chi connectivity index (χ4n) is 4.53. The minimum Gasteiger partial charge on any atom is -0.482 e. The van der Waals surface area contributed by atoms with Gasteiger partial charge < -0.3 is 20.1 Å². The predicted octanol–water partition coefficient (Wildman–Crippen LogP) is 2.83. The molecule has 7 nitrogen and oxygen atoms in total. The van der Waals surface area contributed by atoms with Crippen molar-refractivity contribution in [2.75, 3.05) is 44.7 Å². The van der Waals surface area contributed by atoms with Gasteiger partial charge in [-0.2, -0.15) is 0 Å². The average Bonchev–Trinajstić information content (AvgIpc) is 3.26. The Bertz CT molecular complexity index is 1120. The van der Waals surface area contributed by atoms with E-state index in [4.69, 9.17) is 9.47 Å². The zero-order chi connectivity index (χ0) is 22.3. The van der Waals surface area contributed by atoms with Gasteiger partial charge in [-0.1, -0.05) is 24.3 Å². The van der Waals surface area contributed by atoms with E-state index in [1.807, 2.05) is 50.2 Å². The highest BCUT2D eigenvalue weighted by atomic mass is 16.5. The van der Waals surface area contributed by atoms with Gasteiger partial charge in [0.15, 0.2) is 0 Å². The molecule has 0 atom stereocenters. The van der Waals surface area contributed by atoms with Gasteiger partial charge in [0.1, 0.15) is 11.4 Å². The molecule has 1 saturated heterocycles. The van der Waals surface area contributed by atoms with Crippen LogP contribution >= 0.6 is 0 Å². The number of carbonyl (C=O) groups is 2. The fourth-order valence-corrected chi connectivity index (χ4v) is 4.53. The molecule has 166 valence electrons. The Hall–Kier alpha value is -3.16. The Morgan fingerprint density at radius 1 is 1.12 bits per heavy atom. The topological polar surface area (TPSA) is 79.9 Å². The first-order valence-electron chi connectivity index (χ1n) is 11.0. The van der Waals surface area contributed by atoms with E-state index in [0.717, 1.165) is 55.2 Å². The van der Waals surface area contributed by atoms with E-state index in [-0.39, 0.29) is 11.8 Å². The van der Waals surface area contributed by atoms with Crippen molar-refractivity contribution in [3.05, 3.63) is 64.7 Å². The Balaban J connectivity index is 1.40. The van der Waals surface area contributed by atoms with E-state index in [2.05, 4.69) is 15.5 Å². The van der Waals surface area contributed by atoms with Crippen LogP contribution in [0.15, 0.2) is 42.5 Å². The van der Waals surface area contributed by atoms with Crippen LogP contribution in [0.3, 0.4) is 0 Å². The highest BCUT2D eigenvalue weighted by Crippen LogP contribution is 2.48. The number of benzene rings is 2. The molecule has 2 aromatic carbocycles. The van der Waals surface area contributed by atoms with Crippen LogP contribution in [-0.2, 0) is 19.9 Å². The summed E-state index contributed by atoms with van der Waals surface area (Å²) in [6.07, 6.45) is 0. The van der Waals surface area contributed by atoms with Crippen LogP contribution in [0.5, 0.6) is 0 Å². The Morgan fingerprint density at radius 3 is 2.72 bits per heavy atom. The third-order valence-corrected chi connectivity index (χ3v) is 6.25. The molecule has 0 spiro atoms. The molecule has 32 heavy (non-hydrogen) atoms. The van der Waals surface area contributed by atoms with Crippen LogP contribution in [0, 0.1) is 0 Å². The fraction of sp³-hybridized carbons (Fsp3) is 0.360. The van der Waals surface area contributed by atoms with E-state index < -0.39 is 5.60 Å². The summed E-state index contributed by atoms with van der Waals surface area (Å²) in [7, 11) is 0. The number of para-hydroxylation sites is 1. The summed E-state index contributed by atoms with van der Waals surface area (Å²) in [5.41, 5.74) is 3.84. The Kier molecular flexibility index (Phi) is 5.23. The number of hydrogen-bond donors (Lipinski definition) is 2. The number of nitrogens with one attached hydrogen (secondary N) is 2. The lowest BCUT2D eigenvalue weighted by Crippen LogP contribution is -2.41. The molecule has 5 rings (SSSR count). The normalized spacial score (nSPS) is 21.5. The molecular formula is C25H27N3O4. The molecule has 2 aromatic rings. The highest BCUT2D eigenvalue weighted by Gasteiger charge is 2.40. The third kappa shape index (κ3) is 3.67. The van der Waals surface area contributed by atoms with Crippen molar-refractivity contribution < 1.29 is 19.1 Å². The number of rotatable bonds is 4. The van der Waals surface area contributed by atoms with Crippen molar-refractivity contribution in [1.29, 1.82) is 0 Å². The molecule has 3 aliphatic heterocycles. The van der Waals surface area contributed by atoms with Gasteiger partial charge in [0.2, 0.25) is 0 Å². The molecule has 3 heterocycles. The molecular weight excluding hydrogens is 406 g/mol. The second-order valence-corrected chi connectivity index (χ2v) is 8.79. The average molecular weight is 434 g/mol. The van der Waals surface area contributed by atoms with Crippen molar-refractivity contribution in [2.45, 2.75) is 19.4 Å². The number of morpholine rings is 1. The lowest BCUT2D eigenvalue weighted by molar-refractivity contribution is -0.110. The summed E-state index contributed by atoms with van der Waals surface area (Å²) in [6.45, 7) is 8.59. The zero-order valence-electron chi connectivity index (χ0n) is 18.4. The van der Waals surface area contributed by atoms with Gasteiger partial charge in [0.25, 0.3) is 11.8 Å². The van der Waals surface area contributed by atoms with E-state index in [0.29, 0.717) is 23.4 Å². The van der Waals surface area contributed by atoms with Crippen LogP contribution in [-0.4, -0.2) is 56.1 Å². The first-order chi connectivity index (χ1) is 15.4. The number of anilines is 1. The minimum absolute atomic E-state index is 0.109. The summed E-state index contributed by atoms with van der Waals surface area (Å²) in [5, 5.41) is 5.92. The smallest absolute Gasteiger partial charge is 0.260 e. The summed E-state index contributed by atoms with van der Waals surface area (Å²) >= 11 is 0. The van der Waals surface area contributed by atoms with Gasteiger partial charge in [-0.15, -0.1) is 0 Å². The van der Waals surface area contributed by atoms with Gasteiger partial charge in [-0.05, 0) is 32.0 Å². The lowest BCUT2D eigenvalue weighted by atomic mass is 9.92. The second kappa shape index (κ2) is 8.07. The number of ether oxygens (including phenoxy) is 2. The second-order valence-electron chi connectivity index (χ2n) is 8.79. The molecule has 0 aliphatic carbocycles. The van der Waals surface area contributed by atoms with Crippen LogP contribution in [0.4, 0.5) is 5.69 Å². The van der Waals surface area contributed by atoms with Gasteiger partial charge in [0.05, 0.1) is 18.8 Å². The third-order valence-electron chi connectivity index (χ3n) is 6.25. The van der Waals surface area contributed by atoms with Crippen molar-refractivity contribution in [3.63, 3.8) is 0 Å². The van der Waals surface area contributed by atoms with Crippen molar-refractivity contribution in [3.8, 4) is 0 Å². The maximum Gasteiger partial charge on any atom is 0.260 e. The van der Waals surface area contributed by atoms with Crippen LogP contribution in [0.1, 0.15) is 40.9 Å². The number of nitrogens with zero attached hydrogens (tertiary/aromatic N) is 1. The van der Waals surface area contributed by atoms with Crippen LogP contribution in [0.2, 0.25) is 0 Å². The van der Waals surface area contributed by atoms with Crippen molar-refractivity contribution in [2.24, 2.45) is 0 Å². The molecule has 0 unspecified atom stereocenters. The first kappa shape index (κ1) is 20.7.